The second-order valence-electron chi connectivity index (χ2n) is 5.99. The highest BCUT2D eigenvalue weighted by Crippen LogP contribution is 2.35. The lowest BCUT2D eigenvalue weighted by atomic mass is 9.93. The van der Waals surface area contributed by atoms with Gasteiger partial charge in [0.2, 0.25) is 0 Å². The Balaban J connectivity index is 1.67. The molecular formula is C15H21NO. The molecule has 0 atom stereocenters. The first-order valence-electron chi connectivity index (χ1n) is 6.67. The monoisotopic (exact) mass is 231 g/mol. The number of rotatable bonds is 3. The fraction of sp³-hybridized carbons (Fsp3) is 0.600. The lowest BCUT2D eigenvalue weighted by molar-refractivity contribution is 0.138. The van der Waals surface area contributed by atoms with E-state index in [1.165, 1.54) is 30.4 Å². The standard InChI is InChI=1S/C15H21NO/c1-15(2)9-12-8-11(6-7-14(12)17-15)10-16-13-4-3-5-13/h6-8,13,16H,3-5,9-10H2,1-2H3. The van der Waals surface area contributed by atoms with Gasteiger partial charge in [0.1, 0.15) is 11.4 Å². The van der Waals surface area contributed by atoms with Crippen molar-refractivity contribution in [2.75, 3.05) is 0 Å². The molecule has 0 amide bonds. The summed E-state index contributed by atoms with van der Waals surface area (Å²) < 4.78 is 5.89. The smallest absolute Gasteiger partial charge is 0.123 e. The summed E-state index contributed by atoms with van der Waals surface area (Å²) in [4.78, 5) is 0. The molecule has 0 spiro atoms. The Hall–Kier alpha value is -1.02. The molecule has 0 bridgehead atoms. The zero-order valence-electron chi connectivity index (χ0n) is 10.8. The predicted octanol–water partition coefficient (Wildman–Crippen LogP) is 3.04. The van der Waals surface area contributed by atoms with E-state index < -0.39 is 0 Å². The molecule has 2 aliphatic rings. The molecule has 0 unspecified atom stereocenters. The summed E-state index contributed by atoms with van der Waals surface area (Å²) in [5, 5.41) is 3.61. The van der Waals surface area contributed by atoms with E-state index in [0.717, 1.165) is 24.8 Å². The van der Waals surface area contributed by atoms with E-state index >= 15 is 0 Å². The van der Waals surface area contributed by atoms with E-state index in [-0.39, 0.29) is 5.60 Å². The Morgan fingerprint density at radius 1 is 1.35 bits per heavy atom. The molecule has 92 valence electrons. The fourth-order valence-corrected chi connectivity index (χ4v) is 2.65. The van der Waals surface area contributed by atoms with Gasteiger partial charge in [-0.15, -0.1) is 0 Å². The number of fused-ring (bicyclic) bond motifs is 1. The fourth-order valence-electron chi connectivity index (χ4n) is 2.65. The maximum atomic E-state index is 5.89. The summed E-state index contributed by atoms with van der Waals surface area (Å²) in [7, 11) is 0. The van der Waals surface area contributed by atoms with Gasteiger partial charge in [0.25, 0.3) is 0 Å². The van der Waals surface area contributed by atoms with Crippen LogP contribution in [-0.4, -0.2) is 11.6 Å². The molecule has 17 heavy (non-hydrogen) atoms. The molecule has 1 saturated carbocycles. The molecule has 1 aromatic rings. The SMILES string of the molecule is CC1(C)Cc2cc(CNC3CCC3)ccc2O1. The van der Waals surface area contributed by atoms with E-state index in [4.69, 9.17) is 4.74 Å². The molecule has 1 aliphatic carbocycles. The number of hydrogen-bond acceptors (Lipinski definition) is 2. The summed E-state index contributed by atoms with van der Waals surface area (Å²) in [6.45, 7) is 5.30. The van der Waals surface area contributed by atoms with E-state index in [1.54, 1.807) is 0 Å². The third-order valence-electron chi connectivity index (χ3n) is 3.83. The van der Waals surface area contributed by atoms with Gasteiger partial charge >= 0.3 is 0 Å². The van der Waals surface area contributed by atoms with Crippen molar-refractivity contribution < 1.29 is 4.74 Å². The second kappa shape index (κ2) is 4.02. The van der Waals surface area contributed by atoms with Gasteiger partial charge in [-0.1, -0.05) is 18.6 Å². The Morgan fingerprint density at radius 3 is 2.88 bits per heavy atom. The first kappa shape index (κ1) is 11.1. The minimum absolute atomic E-state index is 0.0254. The largest absolute Gasteiger partial charge is 0.487 e. The minimum atomic E-state index is -0.0254. The van der Waals surface area contributed by atoms with Crippen molar-refractivity contribution in [2.24, 2.45) is 0 Å². The third kappa shape index (κ3) is 2.32. The maximum Gasteiger partial charge on any atom is 0.123 e. The van der Waals surface area contributed by atoms with Crippen LogP contribution in [0.2, 0.25) is 0 Å². The molecule has 3 rings (SSSR count). The van der Waals surface area contributed by atoms with Crippen LogP contribution in [0.1, 0.15) is 44.2 Å². The van der Waals surface area contributed by atoms with Crippen molar-refractivity contribution in [3.63, 3.8) is 0 Å². The average molecular weight is 231 g/mol. The van der Waals surface area contributed by atoms with Crippen LogP contribution in [0, 0.1) is 0 Å². The molecule has 1 aliphatic heterocycles. The topological polar surface area (TPSA) is 21.3 Å². The van der Waals surface area contributed by atoms with E-state index in [9.17, 15) is 0 Å². The van der Waals surface area contributed by atoms with Crippen molar-refractivity contribution in [3.8, 4) is 5.75 Å². The Kier molecular flexibility index (Phi) is 2.62. The molecule has 0 radical (unpaired) electrons. The highest BCUT2D eigenvalue weighted by Gasteiger charge is 2.29. The summed E-state index contributed by atoms with van der Waals surface area (Å²) in [6.07, 6.45) is 5.12. The zero-order valence-corrected chi connectivity index (χ0v) is 10.8. The Bertz CT molecular complexity index is 421. The van der Waals surface area contributed by atoms with Crippen LogP contribution in [0.4, 0.5) is 0 Å². The molecule has 0 saturated heterocycles. The highest BCUT2D eigenvalue weighted by molar-refractivity contribution is 5.41. The van der Waals surface area contributed by atoms with Crippen molar-refractivity contribution in [3.05, 3.63) is 29.3 Å². The Labute approximate surface area is 103 Å². The van der Waals surface area contributed by atoms with E-state index in [1.807, 2.05) is 0 Å². The van der Waals surface area contributed by atoms with Crippen LogP contribution < -0.4 is 10.1 Å². The van der Waals surface area contributed by atoms with Crippen molar-refractivity contribution >= 4 is 0 Å². The second-order valence-corrected chi connectivity index (χ2v) is 5.99. The third-order valence-corrected chi connectivity index (χ3v) is 3.83. The molecular weight excluding hydrogens is 210 g/mol. The van der Waals surface area contributed by atoms with Crippen molar-refractivity contribution in [1.82, 2.24) is 5.32 Å². The van der Waals surface area contributed by atoms with E-state index in [2.05, 4.69) is 37.4 Å². The van der Waals surface area contributed by atoms with Gasteiger partial charge in [-0.25, -0.2) is 0 Å². The van der Waals surface area contributed by atoms with Crippen LogP contribution >= 0.6 is 0 Å². The van der Waals surface area contributed by atoms with Gasteiger partial charge in [0, 0.05) is 19.0 Å². The number of ether oxygens (including phenoxy) is 1. The molecule has 1 heterocycles. The van der Waals surface area contributed by atoms with Crippen LogP contribution in [0.15, 0.2) is 18.2 Å². The number of nitrogens with one attached hydrogen (secondary N) is 1. The van der Waals surface area contributed by atoms with Gasteiger partial charge in [-0.05, 0) is 43.9 Å². The number of benzene rings is 1. The first-order chi connectivity index (χ1) is 8.12. The highest BCUT2D eigenvalue weighted by atomic mass is 16.5. The van der Waals surface area contributed by atoms with E-state index in [0.29, 0.717) is 0 Å². The summed E-state index contributed by atoms with van der Waals surface area (Å²) in [6, 6.07) is 7.37. The lowest BCUT2D eigenvalue weighted by Gasteiger charge is -2.26. The van der Waals surface area contributed by atoms with Crippen molar-refractivity contribution in [1.29, 1.82) is 0 Å². The van der Waals surface area contributed by atoms with Crippen LogP contribution in [-0.2, 0) is 13.0 Å². The predicted molar refractivity (Wildman–Crippen MR) is 69.3 cm³/mol. The van der Waals surface area contributed by atoms with Gasteiger partial charge in [0.05, 0.1) is 0 Å². The summed E-state index contributed by atoms with van der Waals surface area (Å²) in [5.41, 5.74) is 2.72. The summed E-state index contributed by atoms with van der Waals surface area (Å²) >= 11 is 0. The van der Waals surface area contributed by atoms with Crippen LogP contribution in [0.3, 0.4) is 0 Å². The minimum Gasteiger partial charge on any atom is -0.487 e. The molecule has 1 N–H and O–H groups in total. The molecule has 1 aromatic carbocycles. The van der Waals surface area contributed by atoms with Gasteiger partial charge in [-0.3, -0.25) is 0 Å². The maximum absolute atomic E-state index is 5.89. The Morgan fingerprint density at radius 2 is 2.18 bits per heavy atom. The lowest BCUT2D eigenvalue weighted by Crippen LogP contribution is -2.34. The van der Waals surface area contributed by atoms with Crippen LogP contribution in [0.25, 0.3) is 0 Å². The van der Waals surface area contributed by atoms with Crippen LogP contribution in [0.5, 0.6) is 5.75 Å². The quantitative estimate of drug-likeness (QED) is 0.863. The zero-order chi connectivity index (χ0) is 11.9. The first-order valence-corrected chi connectivity index (χ1v) is 6.67. The van der Waals surface area contributed by atoms with Gasteiger partial charge in [-0.2, -0.15) is 0 Å². The average Bonchev–Trinajstić information content (AvgIpc) is 2.48. The van der Waals surface area contributed by atoms with Gasteiger partial charge in [0.15, 0.2) is 0 Å². The molecule has 1 fully saturated rings. The molecule has 2 heteroatoms. The number of hydrogen-bond donors (Lipinski definition) is 1. The molecule has 0 aromatic heterocycles. The normalized spacial score (nSPS) is 21.8. The van der Waals surface area contributed by atoms with Crippen molar-refractivity contribution in [2.45, 2.75) is 57.7 Å². The molecule has 2 nitrogen and oxygen atoms in total. The van der Waals surface area contributed by atoms with Gasteiger partial charge < -0.3 is 10.1 Å². The summed E-state index contributed by atoms with van der Waals surface area (Å²) in [5.74, 6) is 1.07.